The first-order chi connectivity index (χ1) is 9.19. The standard InChI is InChI=1S/C15H19N3S/c1-4-5-12(3)17-18-15-16-14(10-19-15)13-8-6-11(2)7-9-13/h6-10H,4-5H2,1-3H3,(H,16,18)/b17-12+. The summed E-state index contributed by atoms with van der Waals surface area (Å²) in [6.45, 7) is 6.27. The minimum absolute atomic E-state index is 0.839. The molecule has 1 aromatic heterocycles. The van der Waals surface area contributed by atoms with Gasteiger partial charge in [0, 0.05) is 16.7 Å². The van der Waals surface area contributed by atoms with Crippen molar-refractivity contribution in [1.82, 2.24) is 4.98 Å². The maximum atomic E-state index is 4.54. The van der Waals surface area contributed by atoms with E-state index in [1.54, 1.807) is 11.3 Å². The van der Waals surface area contributed by atoms with E-state index in [1.807, 2.05) is 6.92 Å². The molecule has 0 aliphatic heterocycles. The molecule has 0 spiro atoms. The summed E-state index contributed by atoms with van der Waals surface area (Å²) in [4.78, 5) is 4.54. The van der Waals surface area contributed by atoms with Crippen LogP contribution in [0, 0.1) is 6.92 Å². The number of aryl methyl sites for hydroxylation is 1. The summed E-state index contributed by atoms with van der Waals surface area (Å²) in [5, 5.41) is 7.21. The van der Waals surface area contributed by atoms with Crippen LogP contribution in [0.15, 0.2) is 34.7 Å². The third-order valence-electron chi connectivity index (χ3n) is 2.81. The molecule has 2 aromatic rings. The van der Waals surface area contributed by atoms with Gasteiger partial charge in [-0.1, -0.05) is 43.2 Å². The summed E-state index contributed by atoms with van der Waals surface area (Å²) < 4.78 is 0. The fourth-order valence-electron chi connectivity index (χ4n) is 1.74. The zero-order valence-electron chi connectivity index (χ0n) is 11.6. The highest BCUT2D eigenvalue weighted by molar-refractivity contribution is 7.14. The van der Waals surface area contributed by atoms with Crippen LogP contribution in [0.1, 0.15) is 32.3 Å². The lowest BCUT2D eigenvalue weighted by molar-refractivity contribution is 0.983. The summed E-state index contributed by atoms with van der Waals surface area (Å²) in [5.41, 5.74) is 7.53. The van der Waals surface area contributed by atoms with Crippen molar-refractivity contribution < 1.29 is 0 Å². The van der Waals surface area contributed by atoms with Crippen LogP contribution in [-0.4, -0.2) is 10.7 Å². The molecule has 2 rings (SSSR count). The van der Waals surface area contributed by atoms with Crippen LogP contribution in [0.4, 0.5) is 5.13 Å². The molecule has 0 radical (unpaired) electrons. The minimum Gasteiger partial charge on any atom is -0.253 e. The van der Waals surface area contributed by atoms with Crippen LogP contribution in [0.25, 0.3) is 11.3 Å². The second-order valence-corrected chi connectivity index (χ2v) is 5.47. The molecule has 1 aromatic carbocycles. The van der Waals surface area contributed by atoms with E-state index in [-0.39, 0.29) is 0 Å². The van der Waals surface area contributed by atoms with Gasteiger partial charge in [-0.15, -0.1) is 11.3 Å². The minimum atomic E-state index is 0.839. The largest absolute Gasteiger partial charge is 0.253 e. The molecule has 100 valence electrons. The van der Waals surface area contributed by atoms with Crippen LogP contribution in [0.5, 0.6) is 0 Å². The van der Waals surface area contributed by atoms with Crippen molar-refractivity contribution in [3.8, 4) is 11.3 Å². The summed E-state index contributed by atoms with van der Waals surface area (Å²) in [6.07, 6.45) is 2.13. The van der Waals surface area contributed by atoms with E-state index in [9.17, 15) is 0 Å². The number of nitrogens with one attached hydrogen (secondary N) is 1. The topological polar surface area (TPSA) is 37.3 Å². The maximum Gasteiger partial charge on any atom is 0.203 e. The van der Waals surface area contributed by atoms with Crippen molar-refractivity contribution in [2.75, 3.05) is 5.43 Å². The quantitative estimate of drug-likeness (QED) is 0.633. The summed E-state index contributed by atoms with van der Waals surface area (Å²) in [5.74, 6) is 0. The zero-order chi connectivity index (χ0) is 13.7. The Hall–Kier alpha value is -1.68. The van der Waals surface area contributed by atoms with Crippen LogP contribution in [0.3, 0.4) is 0 Å². The molecule has 0 bridgehead atoms. The molecule has 0 saturated heterocycles. The monoisotopic (exact) mass is 273 g/mol. The molecule has 0 unspecified atom stereocenters. The second kappa shape index (κ2) is 6.48. The lowest BCUT2D eigenvalue weighted by Gasteiger charge is -1.99. The molecule has 0 fully saturated rings. The molecular formula is C15H19N3S. The Labute approximate surface area is 118 Å². The Morgan fingerprint density at radius 3 is 2.74 bits per heavy atom. The SMILES string of the molecule is CCC/C(C)=N/Nc1nc(-c2ccc(C)cc2)cs1. The van der Waals surface area contributed by atoms with Gasteiger partial charge in [0.05, 0.1) is 5.69 Å². The Morgan fingerprint density at radius 2 is 2.05 bits per heavy atom. The molecule has 0 saturated carbocycles. The van der Waals surface area contributed by atoms with Gasteiger partial charge in [0.1, 0.15) is 0 Å². The van der Waals surface area contributed by atoms with Gasteiger partial charge in [-0.25, -0.2) is 4.98 Å². The van der Waals surface area contributed by atoms with E-state index in [0.29, 0.717) is 0 Å². The molecular weight excluding hydrogens is 254 g/mol. The molecule has 0 atom stereocenters. The lowest BCUT2D eigenvalue weighted by Crippen LogP contribution is -1.96. The number of aromatic nitrogens is 1. The average Bonchev–Trinajstić information content (AvgIpc) is 2.86. The predicted molar refractivity (Wildman–Crippen MR) is 83.9 cm³/mol. The summed E-state index contributed by atoms with van der Waals surface area (Å²) in [6, 6.07) is 8.40. The maximum absolute atomic E-state index is 4.54. The van der Waals surface area contributed by atoms with Crippen molar-refractivity contribution in [3.63, 3.8) is 0 Å². The third-order valence-corrected chi connectivity index (χ3v) is 3.55. The van der Waals surface area contributed by atoms with Crippen LogP contribution >= 0.6 is 11.3 Å². The number of benzene rings is 1. The zero-order valence-corrected chi connectivity index (χ0v) is 12.4. The lowest BCUT2D eigenvalue weighted by atomic mass is 10.1. The molecule has 4 heteroatoms. The number of hydrogen-bond donors (Lipinski definition) is 1. The Balaban J connectivity index is 2.07. The number of nitrogens with zero attached hydrogens (tertiary/aromatic N) is 2. The van der Waals surface area contributed by atoms with E-state index in [0.717, 1.165) is 34.9 Å². The Morgan fingerprint density at radius 1 is 1.32 bits per heavy atom. The van der Waals surface area contributed by atoms with Crippen molar-refractivity contribution in [1.29, 1.82) is 0 Å². The average molecular weight is 273 g/mol. The van der Waals surface area contributed by atoms with E-state index >= 15 is 0 Å². The summed E-state index contributed by atoms with van der Waals surface area (Å²) in [7, 11) is 0. The predicted octanol–water partition coefficient (Wildman–Crippen LogP) is 4.71. The van der Waals surface area contributed by atoms with Gasteiger partial charge < -0.3 is 0 Å². The van der Waals surface area contributed by atoms with Gasteiger partial charge in [-0.3, -0.25) is 5.43 Å². The first-order valence-electron chi connectivity index (χ1n) is 6.50. The van der Waals surface area contributed by atoms with Gasteiger partial charge in [0.15, 0.2) is 0 Å². The van der Waals surface area contributed by atoms with E-state index < -0.39 is 0 Å². The van der Waals surface area contributed by atoms with Gasteiger partial charge in [0.2, 0.25) is 5.13 Å². The first kappa shape index (κ1) is 13.7. The van der Waals surface area contributed by atoms with Crippen LogP contribution in [0.2, 0.25) is 0 Å². The first-order valence-corrected chi connectivity index (χ1v) is 7.38. The van der Waals surface area contributed by atoms with E-state index in [4.69, 9.17) is 0 Å². The van der Waals surface area contributed by atoms with Gasteiger partial charge in [-0.05, 0) is 20.3 Å². The van der Waals surface area contributed by atoms with Gasteiger partial charge in [-0.2, -0.15) is 5.10 Å². The number of hydrogen-bond acceptors (Lipinski definition) is 4. The number of rotatable bonds is 5. The number of anilines is 1. The molecule has 1 N–H and O–H groups in total. The normalized spacial score (nSPS) is 11.6. The van der Waals surface area contributed by atoms with Crippen LogP contribution in [-0.2, 0) is 0 Å². The van der Waals surface area contributed by atoms with Crippen molar-refractivity contribution in [2.24, 2.45) is 5.10 Å². The smallest absolute Gasteiger partial charge is 0.203 e. The molecule has 1 heterocycles. The van der Waals surface area contributed by atoms with Crippen molar-refractivity contribution in [2.45, 2.75) is 33.6 Å². The Kier molecular flexibility index (Phi) is 4.68. The second-order valence-electron chi connectivity index (χ2n) is 4.61. The van der Waals surface area contributed by atoms with Gasteiger partial charge in [0.25, 0.3) is 0 Å². The highest BCUT2D eigenvalue weighted by Crippen LogP contribution is 2.25. The molecule has 19 heavy (non-hydrogen) atoms. The highest BCUT2D eigenvalue weighted by atomic mass is 32.1. The number of thiazole rings is 1. The third kappa shape index (κ3) is 3.89. The van der Waals surface area contributed by atoms with Crippen molar-refractivity contribution in [3.05, 3.63) is 35.2 Å². The number of hydrazone groups is 1. The van der Waals surface area contributed by atoms with E-state index in [2.05, 4.69) is 59.0 Å². The van der Waals surface area contributed by atoms with Crippen molar-refractivity contribution >= 4 is 22.2 Å². The van der Waals surface area contributed by atoms with Gasteiger partial charge >= 0.3 is 0 Å². The highest BCUT2D eigenvalue weighted by Gasteiger charge is 2.03. The van der Waals surface area contributed by atoms with E-state index in [1.165, 1.54) is 5.56 Å². The fourth-order valence-corrected chi connectivity index (χ4v) is 2.40. The molecule has 3 nitrogen and oxygen atoms in total. The van der Waals surface area contributed by atoms with Crippen LogP contribution < -0.4 is 5.43 Å². The summed E-state index contributed by atoms with van der Waals surface area (Å²) >= 11 is 1.58. The molecule has 0 aliphatic rings. The molecule has 0 aliphatic carbocycles. The molecule has 0 amide bonds. The Bertz CT molecular complexity index is 555. The fraction of sp³-hybridized carbons (Fsp3) is 0.333.